The third-order valence-corrected chi connectivity index (χ3v) is 1.68. The van der Waals surface area contributed by atoms with Crippen LogP contribution in [0.5, 0.6) is 5.75 Å². The lowest BCUT2D eigenvalue weighted by atomic mass is 10.1. The topological polar surface area (TPSA) is 35.2 Å². The van der Waals surface area contributed by atoms with E-state index in [-0.39, 0.29) is 5.75 Å². The maximum atomic E-state index is 12.7. The van der Waals surface area contributed by atoms with Crippen molar-refractivity contribution in [3.05, 3.63) is 29.6 Å². The molecular weight excluding hydrogens is 195 g/mol. The first kappa shape index (κ1) is 10.8. The van der Waals surface area contributed by atoms with Crippen LogP contribution in [0.3, 0.4) is 0 Å². The lowest BCUT2D eigenvalue weighted by Crippen LogP contribution is -2.10. The summed E-state index contributed by atoms with van der Waals surface area (Å²) in [5, 5.41) is 0. The van der Waals surface area contributed by atoms with Gasteiger partial charge in [-0.1, -0.05) is 6.07 Å². The molecule has 14 heavy (non-hydrogen) atoms. The summed E-state index contributed by atoms with van der Waals surface area (Å²) in [6, 6.07) is 2.89. The van der Waals surface area contributed by atoms with E-state index in [0.29, 0.717) is 5.56 Å². The monoisotopic (exact) mass is 205 g/mol. The quantitative estimate of drug-likeness (QED) is 0.822. The van der Waals surface area contributed by atoms with Gasteiger partial charge in [0.15, 0.2) is 0 Å². The molecular formula is C9H10F3NO. The largest absolute Gasteiger partial charge is 0.434 e. The molecule has 1 aromatic carbocycles. The Kier molecular flexibility index (Phi) is 3.35. The Morgan fingerprint density at radius 2 is 2.00 bits per heavy atom. The van der Waals surface area contributed by atoms with Gasteiger partial charge in [-0.15, -0.1) is 0 Å². The van der Waals surface area contributed by atoms with Gasteiger partial charge in [-0.25, -0.2) is 4.39 Å². The van der Waals surface area contributed by atoms with Crippen molar-refractivity contribution in [2.24, 2.45) is 5.73 Å². The third-order valence-electron chi connectivity index (χ3n) is 1.68. The van der Waals surface area contributed by atoms with Crippen LogP contribution in [0.2, 0.25) is 0 Å². The zero-order valence-corrected chi connectivity index (χ0v) is 7.51. The zero-order valence-electron chi connectivity index (χ0n) is 7.51. The molecule has 0 saturated carbocycles. The number of hydrogen-bond acceptors (Lipinski definition) is 2. The molecule has 2 nitrogen and oxygen atoms in total. The first-order valence-corrected chi connectivity index (χ1v) is 4.00. The van der Waals surface area contributed by atoms with Crippen LogP contribution in [0.4, 0.5) is 13.2 Å². The minimum Gasteiger partial charge on any atom is -0.434 e. The van der Waals surface area contributed by atoms with Crippen molar-refractivity contribution in [3.8, 4) is 5.75 Å². The third kappa shape index (κ3) is 2.63. The van der Waals surface area contributed by atoms with E-state index in [1.807, 2.05) is 0 Å². The summed E-state index contributed by atoms with van der Waals surface area (Å²) in [5.74, 6) is -0.847. The van der Waals surface area contributed by atoms with Crippen LogP contribution >= 0.6 is 0 Å². The standard InChI is InChI=1S/C9H10F3NO/c1-5(13)7-3-2-6(10)4-8(7)14-9(11)12/h2-5,9H,13H2,1H3/t5-/m1/s1. The molecule has 0 spiro atoms. The normalized spacial score (nSPS) is 13.0. The van der Waals surface area contributed by atoms with Crippen LogP contribution in [0.25, 0.3) is 0 Å². The van der Waals surface area contributed by atoms with Crippen molar-refractivity contribution in [2.45, 2.75) is 19.6 Å². The summed E-state index contributed by atoms with van der Waals surface area (Å²) in [4.78, 5) is 0. The molecule has 0 unspecified atom stereocenters. The molecule has 0 fully saturated rings. The predicted octanol–water partition coefficient (Wildman–Crippen LogP) is 2.45. The van der Waals surface area contributed by atoms with Gasteiger partial charge in [0.05, 0.1) is 0 Å². The average Bonchev–Trinajstić information content (AvgIpc) is 2.01. The molecule has 0 aliphatic rings. The van der Waals surface area contributed by atoms with Gasteiger partial charge in [0.2, 0.25) is 0 Å². The van der Waals surface area contributed by atoms with Gasteiger partial charge in [0, 0.05) is 17.7 Å². The Bertz CT molecular complexity index is 315. The molecule has 1 rings (SSSR count). The first-order valence-electron chi connectivity index (χ1n) is 4.00. The maximum absolute atomic E-state index is 12.7. The van der Waals surface area contributed by atoms with E-state index in [4.69, 9.17) is 5.73 Å². The number of rotatable bonds is 3. The summed E-state index contributed by atoms with van der Waals surface area (Å²) in [6.07, 6.45) is 0. The van der Waals surface area contributed by atoms with Gasteiger partial charge in [-0.05, 0) is 13.0 Å². The Balaban J connectivity index is 3.03. The number of benzene rings is 1. The van der Waals surface area contributed by atoms with Crippen molar-refractivity contribution < 1.29 is 17.9 Å². The Morgan fingerprint density at radius 1 is 1.36 bits per heavy atom. The van der Waals surface area contributed by atoms with Crippen molar-refractivity contribution in [1.29, 1.82) is 0 Å². The van der Waals surface area contributed by atoms with Gasteiger partial charge in [0.1, 0.15) is 11.6 Å². The number of ether oxygens (including phenoxy) is 1. The van der Waals surface area contributed by atoms with E-state index in [9.17, 15) is 13.2 Å². The van der Waals surface area contributed by atoms with Gasteiger partial charge < -0.3 is 10.5 Å². The lowest BCUT2D eigenvalue weighted by molar-refractivity contribution is -0.0507. The molecule has 78 valence electrons. The molecule has 0 amide bonds. The highest BCUT2D eigenvalue weighted by Gasteiger charge is 2.13. The van der Waals surface area contributed by atoms with Crippen molar-refractivity contribution in [1.82, 2.24) is 0 Å². The minimum atomic E-state index is -2.98. The fraction of sp³-hybridized carbons (Fsp3) is 0.333. The van der Waals surface area contributed by atoms with E-state index in [2.05, 4.69) is 4.74 Å². The smallest absolute Gasteiger partial charge is 0.387 e. The summed E-state index contributed by atoms with van der Waals surface area (Å²) in [5.41, 5.74) is 5.85. The van der Waals surface area contributed by atoms with Crippen molar-refractivity contribution in [2.75, 3.05) is 0 Å². The fourth-order valence-electron chi connectivity index (χ4n) is 1.08. The summed E-state index contributed by atoms with van der Waals surface area (Å²) < 4.78 is 40.6. The van der Waals surface area contributed by atoms with Crippen LogP contribution in [-0.2, 0) is 0 Å². The second-order valence-corrected chi connectivity index (χ2v) is 2.85. The van der Waals surface area contributed by atoms with Crippen LogP contribution in [0, 0.1) is 5.82 Å². The second-order valence-electron chi connectivity index (χ2n) is 2.85. The average molecular weight is 205 g/mol. The molecule has 0 aliphatic carbocycles. The molecule has 1 aromatic rings. The van der Waals surface area contributed by atoms with E-state index in [0.717, 1.165) is 12.1 Å². The Morgan fingerprint density at radius 3 is 2.50 bits per heavy atom. The van der Waals surface area contributed by atoms with Crippen LogP contribution < -0.4 is 10.5 Å². The van der Waals surface area contributed by atoms with Gasteiger partial charge in [0.25, 0.3) is 0 Å². The van der Waals surface area contributed by atoms with E-state index >= 15 is 0 Å². The van der Waals surface area contributed by atoms with E-state index in [1.165, 1.54) is 6.07 Å². The van der Waals surface area contributed by atoms with Gasteiger partial charge >= 0.3 is 6.61 Å². The molecule has 0 radical (unpaired) electrons. The van der Waals surface area contributed by atoms with Crippen LogP contribution in [0.1, 0.15) is 18.5 Å². The summed E-state index contributed by atoms with van der Waals surface area (Å²) in [7, 11) is 0. The number of hydrogen-bond donors (Lipinski definition) is 1. The highest BCUT2D eigenvalue weighted by molar-refractivity contribution is 5.36. The summed E-state index contributed by atoms with van der Waals surface area (Å²) >= 11 is 0. The van der Waals surface area contributed by atoms with Crippen LogP contribution in [0.15, 0.2) is 18.2 Å². The first-order chi connectivity index (χ1) is 6.50. The SMILES string of the molecule is C[C@@H](N)c1ccc(F)cc1OC(F)F. The maximum Gasteiger partial charge on any atom is 0.387 e. The van der Waals surface area contributed by atoms with Crippen molar-refractivity contribution >= 4 is 0 Å². The molecule has 5 heteroatoms. The minimum absolute atomic E-state index is 0.213. The molecule has 0 heterocycles. The Hall–Kier alpha value is -1.23. The lowest BCUT2D eigenvalue weighted by Gasteiger charge is -2.12. The number of nitrogens with two attached hydrogens (primary N) is 1. The molecule has 0 aromatic heterocycles. The second kappa shape index (κ2) is 4.32. The van der Waals surface area contributed by atoms with Gasteiger partial charge in [-0.2, -0.15) is 8.78 Å². The Labute approximate surface area is 79.5 Å². The fourth-order valence-corrected chi connectivity index (χ4v) is 1.08. The zero-order chi connectivity index (χ0) is 10.7. The highest BCUT2D eigenvalue weighted by Crippen LogP contribution is 2.26. The van der Waals surface area contributed by atoms with E-state index < -0.39 is 18.5 Å². The molecule has 0 aliphatic heterocycles. The van der Waals surface area contributed by atoms with Gasteiger partial charge in [-0.3, -0.25) is 0 Å². The molecule has 2 N–H and O–H groups in total. The number of alkyl halides is 2. The molecule has 0 saturated heterocycles. The highest BCUT2D eigenvalue weighted by atomic mass is 19.3. The van der Waals surface area contributed by atoms with Crippen LogP contribution in [-0.4, -0.2) is 6.61 Å². The number of halogens is 3. The molecule has 1 atom stereocenters. The van der Waals surface area contributed by atoms with E-state index in [1.54, 1.807) is 6.92 Å². The predicted molar refractivity (Wildman–Crippen MR) is 45.6 cm³/mol. The molecule has 0 bridgehead atoms. The summed E-state index contributed by atoms with van der Waals surface area (Å²) in [6.45, 7) is -1.37. The van der Waals surface area contributed by atoms with Crippen molar-refractivity contribution in [3.63, 3.8) is 0 Å².